The van der Waals surface area contributed by atoms with Gasteiger partial charge in [-0.3, -0.25) is 52.7 Å². The summed E-state index contributed by atoms with van der Waals surface area (Å²) in [5.41, 5.74) is 2.53. The zero-order chi connectivity index (χ0) is 57.3. The number of hydrogen-bond acceptors (Lipinski definition) is 18. The molecule has 0 saturated heterocycles. The molecule has 2 aromatic rings. The minimum absolute atomic E-state index is 0.000194. The average molecular weight is 1130 g/mol. The summed E-state index contributed by atoms with van der Waals surface area (Å²) in [7, 11) is -7.77. The normalized spacial score (nSPS) is 13.6. The highest BCUT2D eigenvalue weighted by molar-refractivity contribution is 7.89. The number of aliphatic carboxylic acids is 4. The zero-order valence-corrected chi connectivity index (χ0v) is 44.9. The van der Waals surface area contributed by atoms with Crippen LogP contribution in [0.2, 0.25) is 0 Å². The number of aromatic nitrogens is 1. The van der Waals surface area contributed by atoms with Crippen molar-refractivity contribution in [3.05, 3.63) is 46.6 Å². The Hall–Kier alpha value is -6.57. The Bertz CT molecular complexity index is 2580. The van der Waals surface area contributed by atoms with Gasteiger partial charge in [0, 0.05) is 77.3 Å². The second-order valence-electron chi connectivity index (χ2n) is 18.3. The van der Waals surface area contributed by atoms with Gasteiger partial charge in [-0.15, -0.1) is 0 Å². The highest BCUT2D eigenvalue weighted by atomic mass is 32.2. The van der Waals surface area contributed by atoms with Crippen molar-refractivity contribution < 1.29 is 84.9 Å². The fraction of sp³-hybridized carbons (Fsp3) is 0.596. The average Bonchev–Trinajstić information content (AvgIpc) is 3.33. The van der Waals surface area contributed by atoms with E-state index >= 15 is 0 Å². The number of fused-ring (bicyclic) bond motifs is 1. The molecule has 0 aliphatic carbocycles. The molecular weight excluding hydrogens is 1060 g/mol. The van der Waals surface area contributed by atoms with Gasteiger partial charge in [0.05, 0.1) is 24.6 Å². The summed E-state index contributed by atoms with van der Waals surface area (Å²) in [5.74, 6) is -8.17. The Morgan fingerprint density at radius 1 is 0.779 bits per heavy atom. The van der Waals surface area contributed by atoms with Crippen molar-refractivity contribution in [3.63, 3.8) is 0 Å². The minimum Gasteiger partial charge on any atom is -0.494 e. The predicted octanol–water partition coefficient (Wildman–Crippen LogP) is -1.69. The Kier molecular flexibility index (Phi) is 27.1. The van der Waals surface area contributed by atoms with Gasteiger partial charge in [-0.2, -0.15) is 13.1 Å². The van der Waals surface area contributed by atoms with Gasteiger partial charge in [-0.05, 0) is 101 Å². The van der Waals surface area contributed by atoms with Crippen LogP contribution < -0.4 is 41.4 Å². The summed E-state index contributed by atoms with van der Waals surface area (Å²) >= 11 is 0. The van der Waals surface area contributed by atoms with Gasteiger partial charge in [0.25, 0.3) is 10.1 Å². The smallest absolute Gasteiger partial charge is 0.323 e. The number of carbonyl (C=O) groups is 8. The van der Waals surface area contributed by atoms with E-state index in [9.17, 15) is 70.0 Å². The number of anilines is 1. The van der Waals surface area contributed by atoms with Gasteiger partial charge in [0.2, 0.25) is 33.7 Å². The number of ether oxygens (including phenoxy) is 1. The number of rotatable bonds is 38. The number of benzene rings is 1. The van der Waals surface area contributed by atoms with Crippen LogP contribution in [0.1, 0.15) is 73.8 Å². The van der Waals surface area contributed by atoms with Crippen molar-refractivity contribution >= 4 is 73.5 Å². The Balaban J connectivity index is 1.43. The van der Waals surface area contributed by atoms with Gasteiger partial charge in [0.15, 0.2) is 0 Å². The second-order valence-corrected chi connectivity index (χ2v) is 21.5. The fourth-order valence-corrected chi connectivity index (χ4v) is 10.4. The molecule has 1 aromatic carbocycles. The molecule has 430 valence electrons. The summed E-state index contributed by atoms with van der Waals surface area (Å²) in [5, 5.41) is 53.3. The van der Waals surface area contributed by atoms with E-state index < -0.39 is 111 Å². The van der Waals surface area contributed by atoms with E-state index in [4.69, 9.17) is 14.9 Å². The van der Waals surface area contributed by atoms with E-state index in [2.05, 4.69) is 47.7 Å². The molecule has 77 heavy (non-hydrogen) atoms. The number of aryl methyl sites for hydroxylation is 4. The number of sulfonamides is 1. The molecule has 12 N–H and O–H groups in total. The quantitative estimate of drug-likeness (QED) is 0.0264. The van der Waals surface area contributed by atoms with E-state index in [1.807, 2.05) is 6.07 Å². The molecule has 0 radical (unpaired) electrons. The van der Waals surface area contributed by atoms with Crippen LogP contribution in [-0.4, -0.2) is 207 Å². The first-order valence-electron chi connectivity index (χ1n) is 24.8. The van der Waals surface area contributed by atoms with Gasteiger partial charge >= 0.3 is 23.9 Å². The van der Waals surface area contributed by atoms with E-state index in [1.54, 1.807) is 0 Å². The summed E-state index contributed by atoms with van der Waals surface area (Å²) < 4.78 is 67.9. The van der Waals surface area contributed by atoms with Crippen molar-refractivity contribution in [1.29, 1.82) is 0 Å². The summed E-state index contributed by atoms with van der Waals surface area (Å²) in [6.45, 7) is 2.27. The molecule has 0 bridgehead atoms. The van der Waals surface area contributed by atoms with E-state index in [0.29, 0.717) is 19.3 Å². The van der Waals surface area contributed by atoms with E-state index in [-0.39, 0.29) is 99.9 Å². The van der Waals surface area contributed by atoms with Crippen LogP contribution in [0.25, 0.3) is 0 Å². The van der Waals surface area contributed by atoms with Gasteiger partial charge in [-0.1, -0.05) is 6.07 Å². The number of unbranched alkanes of at least 4 members (excludes halogenated alkanes) is 1. The number of carbonyl (C=O) groups excluding carboxylic acids is 4. The molecule has 0 saturated carbocycles. The van der Waals surface area contributed by atoms with Crippen LogP contribution in [-0.2, 0) is 71.3 Å². The lowest BCUT2D eigenvalue weighted by Gasteiger charge is -2.30. The number of hydrogen-bond donors (Lipinski definition) is 12. The van der Waals surface area contributed by atoms with Crippen LogP contribution in [0.5, 0.6) is 5.75 Å². The molecular formula is C47H72N10O18S2. The van der Waals surface area contributed by atoms with Crippen molar-refractivity contribution in [1.82, 2.24) is 46.1 Å². The molecule has 28 nitrogen and oxygen atoms in total. The molecule has 0 unspecified atom stereocenters. The topological polar surface area (TPSA) is 419 Å². The third-order valence-electron chi connectivity index (χ3n) is 11.8. The highest BCUT2D eigenvalue weighted by Gasteiger charge is 2.31. The third-order valence-corrected chi connectivity index (χ3v) is 14.4. The lowest BCUT2D eigenvalue weighted by Crippen LogP contribution is -2.52. The fourth-order valence-electron chi connectivity index (χ4n) is 8.11. The lowest BCUT2D eigenvalue weighted by molar-refractivity contribution is -0.144. The SMILES string of the molecule is Cc1cc(OCCCC(=O)NCCNC(=O)[C@H](CS(=O)(=O)O)NC(=O)CC[C@H](C(=O)O)N(CCNCC(=O)O)CCN(C)CC(=O)O)cc(C)c1S(=O)(=O)N[C@@H](CNC(=O)CCCCc1ccc2c(n1)NCCC2)C(=O)O. The number of carboxylic acids is 4. The van der Waals surface area contributed by atoms with Crippen molar-refractivity contribution in [2.24, 2.45) is 0 Å². The highest BCUT2D eigenvalue weighted by Crippen LogP contribution is 2.26. The first-order valence-corrected chi connectivity index (χ1v) is 27.9. The monoisotopic (exact) mass is 1130 g/mol. The number of nitrogens with zero attached hydrogens (tertiary/aromatic N) is 3. The first-order chi connectivity index (χ1) is 36.2. The molecule has 3 atom stereocenters. The van der Waals surface area contributed by atoms with Crippen LogP contribution >= 0.6 is 0 Å². The molecule has 1 aliphatic heterocycles. The Morgan fingerprint density at radius 2 is 1.45 bits per heavy atom. The third kappa shape index (κ3) is 25.0. The maximum Gasteiger partial charge on any atom is 0.323 e. The standard InChI is InChI=1S/C47H72N10O18S2/c1-30-24-34(25-31(2)43(30)77(73,74)55-35(46(66)67)26-52-39(59)10-5-4-9-33-13-12-32-8-6-16-50-44(32)53-33)75-23-7-11-38(58)49-17-18-51-45(65)36(29-76(70,71)72)54-40(60)15-14-37(47(68)69)57(20-19-48-27-41(61)62)22-21-56(3)28-42(63)64/h12-13,24-25,35-37,48,55H,4-11,14-23,26-29H2,1-3H3,(H,49,58)(H,50,53)(H,51,65)(H,52,59)(H,54,60)(H,61,62)(H,63,64)(H,66,67)(H,68,69)(H,70,71,72)/t35-,36-,37+/m0/s1. The second kappa shape index (κ2) is 32.2. The Labute approximate surface area is 446 Å². The number of pyridine rings is 1. The lowest BCUT2D eigenvalue weighted by atomic mass is 10.1. The number of carboxylic acid groups (broad SMARTS) is 4. The summed E-state index contributed by atoms with van der Waals surface area (Å²) in [6, 6.07) is 2.02. The number of nitrogens with one attached hydrogen (secondary N) is 7. The van der Waals surface area contributed by atoms with E-state index in [1.165, 1.54) is 48.4 Å². The van der Waals surface area contributed by atoms with Crippen LogP contribution in [0, 0.1) is 13.8 Å². The largest absolute Gasteiger partial charge is 0.494 e. The van der Waals surface area contributed by atoms with Crippen molar-refractivity contribution in [2.75, 3.05) is 90.2 Å². The molecule has 0 spiro atoms. The van der Waals surface area contributed by atoms with E-state index in [0.717, 1.165) is 30.9 Å². The zero-order valence-electron chi connectivity index (χ0n) is 43.3. The summed E-state index contributed by atoms with van der Waals surface area (Å²) in [6.07, 6.45) is 3.16. The summed E-state index contributed by atoms with van der Waals surface area (Å²) in [4.78, 5) is 105. The van der Waals surface area contributed by atoms with Crippen molar-refractivity contribution in [2.45, 2.75) is 101 Å². The van der Waals surface area contributed by atoms with Crippen molar-refractivity contribution in [3.8, 4) is 5.75 Å². The molecule has 0 fully saturated rings. The van der Waals surface area contributed by atoms with Gasteiger partial charge in [0.1, 0.15) is 35.4 Å². The molecule has 1 aromatic heterocycles. The minimum atomic E-state index is -4.85. The number of likely N-dealkylation sites (N-methyl/N-ethyl adjacent to an activating group) is 1. The van der Waals surface area contributed by atoms with Crippen LogP contribution in [0.15, 0.2) is 29.2 Å². The molecule has 30 heteroatoms. The van der Waals surface area contributed by atoms with Gasteiger partial charge in [-0.25, -0.2) is 13.4 Å². The first kappa shape index (κ1) is 64.7. The molecule has 2 heterocycles. The Morgan fingerprint density at radius 3 is 2.10 bits per heavy atom. The maximum atomic E-state index is 13.5. The predicted molar refractivity (Wildman–Crippen MR) is 276 cm³/mol. The van der Waals surface area contributed by atoms with Gasteiger partial charge < -0.3 is 57.1 Å². The molecule has 3 rings (SSSR count). The molecule has 4 amide bonds. The molecule has 1 aliphatic rings. The van der Waals surface area contributed by atoms with Crippen LogP contribution in [0.3, 0.4) is 0 Å². The maximum absolute atomic E-state index is 13.5. The number of amides is 4. The van der Waals surface area contributed by atoms with Crippen LogP contribution in [0.4, 0.5) is 5.82 Å².